The van der Waals surface area contributed by atoms with Gasteiger partial charge in [-0.3, -0.25) is 9.59 Å². The van der Waals surface area contributed by atoms with Crippen molar-refractivity contribution in [3.8, 4) is 0 Å². The Morgan fingerprint density at radius 1 is 0.778 bits per heavy atom. The molecule has 27 heavy (non-hydrogen) atoms. The van der Waals surface area contributed by atoms with Gasteiger partial charge in [0.2, 0.25) is 5.91 Å². The smallest absolute Gasteiger partial charge is 0.224 e. The van der Waals surface area contributed by atoms with Gasteiger partial charge in [0.1, 0.15) is 0 Å². The van der Waals surface area contributed by atoms with Crippen LogP contribution in [-0.4, -0.2) is 11.7 Å². The molecule has 0 aliphatic heterocycles. The zero-order valence-corrected chi connectivity index (χ0v) is 15.9. The van der Waals surface area contributed by atoms with E-state index in [0.29, 0.717) is 33.3 Å². The van der Waals surface area contributed by atoms with Crippen LogP contribution in [0.15, 0.2) is 72.8 Å². The third kappa shape index (κ3) is 4.76. The molecule has 0 fully saturated rings. The molecule has 0 saturated heterocycles. The van der Waals surface area contributed by atoms with E-state index in [1.807, 2.05) is 18.2 Å². The molecule has 3 nitrogen and oxygen atoms in total. The first kappa shape index (κ1) is 19.2. The Balaban J connectivity index is 1.73. The highest BCUT2D eigenvalue weighted by molar-refractivity contribution is 6.36. The van der Waals surface area contributed by atoms with Gasteiger partial charge in [0.25, 0.3) is 0 Å². The van der Waals surface area contributed by atoms with Crippen LogP contribution in [0, 0.1) is 0 Å². The predicted octanol–water partition coefficient (Wildman–Crippen LogP) is 5.80. The zero-order chi connectivity index (χ0) is 19.2. The number of nitrogens with one attached hydrogen (secondary N) is 1. The van der Waals surface area contributed by atoms with E-state index in [0.717, 1.165) is 5.56 Å². The molecule has 3 aromatic rings. The molecule has 1 amide bonds. The summed E-state index contributed by atoms with van der Waals surface area (Å²) < 4.78 is 0. The zero-order valence-electron chi connectivity index (χ0n) is 14.4. The molecule has 0 unspecified atom stereocenters. The second-order valence-electron chi connectivity index (χ2n) is 5.99. The Labute approximate surface area is 167 Å². The summed E-state index contributed by atoms with van der Waals surface area (Å²) in [7, 11) is 0. The standard InChI is InChI=1S/C22H17Cl2NO2/c23-18-10-6-11-19(24)16(18)13-14-21(26)25-20-12-5-4-9-17(20)22(27)15-7-2-1-3-8-15/h1-12H,13-14H2,(H,25,26). The lowest BCUT2D eigenvalue weighted by Crippen LogP contribution is -2.15. The molecule has 0 aliphatic carbocycles. The molecule has 3 aromatic carbocycles. The van der Waals surface area contributed by atoms with E-state index in [4.69, 9.17) is 23.2 Å². The summed E-state index contributed by atoms with van der Waals surface area (Å²) in [5, 5.41) is 3.90. The lowest BCUT2D eigenvalue weighted by molar-refractivity contribution is -0.116. The largest absolute Gasteiger partial charge is 0.325 e. The van der Waals surface area contributed by atoms with Gasteiger partial charge in [0.15, 0.2) is 5.78 Å². The normalized spacial score (nSPS) is 10.4. The van der Waals surface area contributed by atoms with Gasteiger partial charge in [-0.2, -0.15) is 0 Å². The number of rotatable bonds is 6. The van der Waals surface area contributed by atoms with Crippen LogP contribution >= 0.6 is 23.2 Å². The fourth-order valence-corrected chi connectivity index (χ4v) is 3.34. The first-order valence-corrected chi connectivity index (χ1v) is 9.23. The summed E-state index contributed by atoms with van der Waals surface area (Å²) in [6, 6.07) is 21.2. The number of hydrogen-bond acceptors (Lipinski definition) is 2. The predicted molar refractivity (Wildman–Crippen MR) is 110 cm³/mol. The second-order valence-corrected chi connectivity index (χ2v) is 6.80. The summed E-state index contributed by atoms with van der Waals surface area (Å²) in [6.07, 6.45) is 0.621. The summed E-state index contributed by atoms with van der Waals surface area (Å²) >= 11 is 12.3. The third-order valence-corrected chi connectivity index (χ3v) is 4.85. The average molecular weight is 398 g/mol. The molecule has 0 radical (unpaired) electrons. The minimum absolute atomic E-state index is 0.138. The minimum Gasteiger partial charge on any atom is -0.325 e. The molecule has 0 atom stereocenters. The van der Waals surface area contributed by atoms with Crippen LogP contribution < -0.4 is 5.32 Å². The average Bonchev–Trinajstić information content (AvgIpc) is 2.68. The van der Waals surface area contributed by atoms with Gasteiger partial charge < -0.3 is 5.32 Å². The fraction of sp³-hybridized carbons (Fsp3) is 0.0909. The quantitative estimate of drug-likeness (QED) is 0.534. The molecule has 136 valence electrons. The highest BCUT2D eigenvalue weighted by Crippen LogP contribution is 2.26. The molecule has 5 heteroatoms. The van der Waals surface area contributed by atoms with Crippen LogP contribution in [0.1, 0.15) is 27.9 Å². The van der Waals surface area contributed by atoms with E-state index >= 15 is 0 Å². The summed E-state index contributed by atoms with van der Waals surface area (Å²) in [4.78, 5) is 25.1. The van der Waals surface area contributed by atoms with Gasteiger partial charge >= 0.3 is 0 Å². The third-order valence-electron chi connectivity index (χ3n) is 4.15. The first-order chi connectivity index (χ1) is 13.1. The molecule has 0 bridgehead atoms. The molecule has 3 rings (SSSR count). The summed E-state index contributed by atoms with van der Waals surface area (Å²) in [5.41, 5.74) is 2.25. The molecular formula is C22H17Cl2NO2. The van der Waals surface area contributed by atoms with Crippen molar-refractivity contribution < 1.29 is 9.59 Å². The Kier molecular flexibility index (Phi) is 6.28. The lowest BCUT2D eigenvalue weighted by atomic mass is 10.0. The SMILES string of the molecule is O=C(CCc1c(Cl)cccc1Cl)Nc1ccccc1C(=O)c1ccccc1. The summed E-state index contributed by atoms with van der Waals surface area (Å²) in [5.74, 6) is -0.347. The highest BCUT2D eigenvalue weighted by Gasteiger charge is 2.15. The number of benzene rings is 3. The highest BCUT2D eigenvalue weighted by atomic mass is 35.5. The van der Waals surface area contributed by atoms with E-state index in [9.17, 15) is 9.59 Å². The molecule has 0 aromatic heterocycles. The van der Waals surface area contributed by atoms with Crippen LogP contribution in [0.2, 0.25) is 10.0 Å². The van der Waals surface area contributed by atoms with Gasteiger partial charge in [0.05, 0.1) is 5.69 Å². The monoisotopic (exact) mass is 397 g/mol. The maximum absolute atomic E-state index is 12.7. The number of ketones is 1. The van der Waals surface area contributed by atoms with Crippen molar-refractivity contribution in [3.05, 3.63) is 99.5 Å². The lowest BCUT2D eigenvalue weighted by Gasteiger charge is -2.11. The number of carbonyl (C=O) groups excluding carboxylic acids is 2. The number of amides is 1. The van der Waals surface area contributed by atoms with Crippen molar-refractivity contribution in [1.82, 2.24) is 0 Å². The van der Waals surface area contributed by atoms with Gasteiger partial charge in [-0.15, -0.1) is 0 Å². The van der Waals surface area contributed by atoms with Gasteiger partial charge in [0, 0.05) is 27.6 Å². The van der Waals surface area contributed by atoms with Gasteiger partial charge in [-0.05, 0) is 36.2 Å². The minimum atomic E-state index is -0.209. The van der Waals surface area contributed by atoms with Crippen molar-refractivity contribution in [3.63, 3.8) is 0 Å². The number of carbonyl (C=O) groups is 2. The number of halogens is 2. The van der Waals surface area contributed by atoms with E-state index < -0.39 is 0 Å². The number of anilines is 1. The van der Waals surface area contributed by atoms with Gasteiger partial charge in [-0.1, -0.05) is 71.7 Å². The van der Waals surface area contributed by atoms with Crippen LogP contribution in [0.5, 0.6) is 0 Å². The number of para-hydroxylation sites is 1. The number of hydrogen-bond donors (Lipinski definition) is 1. The topological polar surface area (TPSA) is 46.2 Å². The van der Waals surface area contributed by atoms with Crippen molar-refractivity contribution in [2.45, 2.75) is 12.8 Å². The van der Waals surface area contributed by atoms with Gasteiger partial charge in [-0.25, -0.2) is 0 Å². The molecule has 1 N–H and O–H groups in total. The van der Waals surface area contributed by atoms with E-state index in [1.165, 1.54) is 0 Å². The fourth-order valence-electron chi connectivity index (χ4n) is 2.76. The molecular weight excluding hydrogens is 381 g/mol. The molecule has 0 aliphatic rings. The Hall–Kier alpha value is -2.62. The van der Waals surface area contributed by atoms with Crippen molar-refractivity contribution in [2.24, 2.45) is 0 Å². The first-order valence-electron chi connectivity index (χ1n) is 8.48. The van der Waals surface area contributed by atoms with Crippen LogP contribution in [0.25, 0.3) is 0 Å². The summed E-state index contributed by atoms with van der Waals surface area (Å²) in [6.45, 7) is 0. The Bertz CT molecular complexity index is 951. The van der Waals surface area contributed by atoms with Crippen molar-refractivity contribution in [1.29, 1.82) is 0 Å². The van der Waals surface area contributed by atoms with Crippen molar-refractivity contribution >= 4 is 40.6 Å². The van der Waals surface area contributed by atoms with Crippen LogP contribution in [-0.2, 0) is 11.2 Å². The Morgan fingerprint density at radius 3 is 2.11 bits per heavy atom. The maximum atomic E-state index is 12.7. The van der Waals surface area contributed by atoms with E-state index in [-0.39, 0.29) is 18.1 Å². The molecule has 0 heterocycles. The van der Waals surface area contributed by atoms with E-state index in [2.05, 4.69) is 5.32 Å². The van der Waals surface area contributed by atoms with Crippen molar-refractivity contribution in [2.75, 3.05) is 5.32 Å². The molecule has 0 spiro atoms. The maximum Gasteiger partial charge on any atom is 0.224 e. The van der Waals surface area contributed by atoms with E-state index in [1.54, 1.807) is 54.6 Å². The second kappa shape index (κ2) is 8.85. The van der Waals surface area contributed by atoms with Crippen LogP contribution in [0.3, 0.4) is 0 Å². The van der Waals surface area contributed by atoms with Crippen LogP contribution in [0.4, 0.5) is 5.69 Å². The molecule has 0 saturated carbocycles. The Morgan fingerprint density at radius 2 is 1.41 bits per heavy atom.